The van der Waals surface area contributed by atoms with Crippen LogP contribution in [0.3, 0.4) is 0 Å². The van der Waals surface area contributed by atoms with Crippen molar-refractivity contribution in [3.63, 3.8) is 0 Å². The van der Waals surface area contributed by atoms with Crippen LogP contribution < -0.4 is 23.7 Å². The number of methoxy groups -OCH3 is 4. The maximum absolute atomic E-state index is 12.8. The topological polar surface area (TPSA) is 89.5 Å². The quantitative estimate of drug-likeness (QED) is 0.504. The van der Waals surface area contributed by atoms with Gasteiger partial charge in [0.05, 0.1) is 34.0 Å². The number of allylic oxidation sites excluding steroid dienone is 1. The molecule has 0 aromatic heterocycles. The Balaban J connectivity index is 1.93. The summed E-state index contributed by atoms with van der Waals surface area (Å²) in [5, 5.41) is 0. The van der Waals surface area contributed by atoms with Crippen LogP contribution in [0.1, 0.15) is 21.5 Å². The molecule has 1 aliphatic heterocycles. The van der Waals surface area contributed by atoms with Gasteiger partial charge in [-0.3, -0.25) is 4.79 Å². The summed E-state index contributed by atoms with van der Waals surface area (Å²) in [6.07, 6.45) is 1.60. The van der Waals surface area contributed by atoms with Gasteiger partial charge in [-0.1, -0.05) is 0 Å². The number of ether oxygens (including phenoxy) is 6. The van der Waals surface area contributed by atoms with E-state index in [9.17, 15) is 9.59 Å². The van der Waals surface area contributed by atoms with Gasteiger partial charge in [0.1, 0.15) is 11.5 Å². The first-order valence-corrected chi connectivity index (χ1v) is 9.01. The predicted octanol–water partition coefficient (Wildman–Crippen LogP) is 3.19. The maximum atomic E-state index is 12.8. The number of benzene rings is 2. The van der Waals surface area contributed by atoms with Crippen molar-refractivity contribution in [2.45, 2.75) is 6.92 Å². The van der Waals surface area contributed by atoms with Crippen molar-refractivity contribution < 1.29 is 38.0 Å². The van der Waals surface area contributed by atoms with Gasteiger partial charge in [0, 0.05) is 5.56 Å². The molecule has 0 bridgehead atoms. The molecule has 0 saturated carbocycles. The highest BCUT2D eigenvalue weighted by atomic mass is 16.6. The monoisotopic (exact) mass is 414 g/mol. The molecule has 0 radical (unpaired) electrons. The van der Waals surface area contributed by atoms with E-state index in [2.05, 4.69) is 4.74 Å². The molecule has 2 aromatic carbocycles. The number of carbonyl (C=O) groups is 2. The third-order valence-electron chi connectivity index (χ3n) is 4.59. The lowest BCUT2D eigenvalue weighted by Gasteiger charge is -2.13. The third-order valence-corrected chi connectivity index (χ3v) is 4.59. The van der Waals surface area contributed by atoms with E-state index in [4.69, 9.17) is 23.7 Å². The Labute approximate surface area is 173 Å². The van der Waals surface area contributed by atoms with Crippen molar-refractivity contribution >= 4 is 17.8 Å². The number of carbonyl (C=O) groups excluding carboxylic acids is 2. The molecule has 3 rings (SSSR count). The van der Waals surface area contributed by atoms with Gasteiger partial charge in [0.15, 0.2) is 23.9 Å². The van der Waals surface area contributed by atoms with E-state index in [1.807, 2.05) is 0 Å². The van der Waals surface area contributed by atoms with Crippen molar-refractivity contribution in [1.29, 1.82) is 0 Å². The number of Topliss-reactive ketones (excluding diaryl/α,β-unsaturated/α-hetero) is 1. The lowest BCUT2D eigenvalue weighted by Crippen LogP contribution is -2.13. The van der Waals surface area contributed by atoms with Gasteiger partial charge in [-0.25, -0.2) is 4.79 Å². The Bertz CT molecular complexity index is 997. The number of fused-ring (bicyclic) bond motifs is 1. The van der Waals surface area contributed by atoms with Gasteiger partial charge in [-0.2, -0.15) is 0 Å². The van der Waals surface area contributed by atoms with Crippen molar-refractivity contribution in [3.8, 4) is 28.7 Å². The van der Waals surface area contributed by atoms with E-state index in [0.717, 1.165) is 0 Å². The second-order valence-electron chi connectivity index (χ2n) is 6.33. The van der Waals surface area contributed by atoms with Gasteiger partial charge in [0.2, 0.25) is 11.5 Å². The number of rotatable bonds is 7. The molecular formula is C22H22O8. The van der Waals surface area contributed by atoms with Crippen molar-refractivity contribution in [1.82, 2.24) is 0 Å². The maximum Gasteiger partial charge on any atom is 0.343 e. The minimum atomic E-state index is -0.505. The molecule has 0 unspecified atom stereocenters. The highest BCUT2D eigenvalue weighted by Crippen LogP contribution is 2.41. The molecule has 8 nitrogen and oxygen atoms in total. The summed E-state index contributed by atoms with van der Waals surface area (Å²) in [6.45, 7) is 1.51. The summed E-state index contributed by atoms with van der Waals surface area (Å²) < 4.78 is 31.9. The Kier molecular flexibility index (Phi) is 6.15. The van der Waals surface area contributed by atoms with Gasteiger partial charge in [-0.15, -0.1) is 0 Å². The summed E-state index contributed by atoms with van der Waals surface area (Å²) in [6, 6.07) is 6.66. The summed E-state index contributed by atoms with van der Waals surface area (Å²) >= 11 is 0. The Morgan fingerprint density at radius 1 is 1.00 bits per heavy atom. The van der Waals surface area contributed by atoms with Gasteiger partial charge in [-0.05, 0) is 42.8 Å². The predicted molar refractivity (Wildman–Crippen MR) is 108 cm³/mol. The molecule has 0 N–H and O–H groups in total. The zero-order valence-corrected chi connectivity index (χ0v) is 17.4. The molecule has 0 spiro atoms. The highest BCUT2D eigenvalue weighted by molar-refractivity contribution is 6.15. The van der Waals surface area contributed by atoms with Crippen LogP contribution in [0.25, 0.3) is 6.08 Å². The van der Waals surface area contributed by atoms with Crippen LogP contribution in [0.5, 0.6) is 28.7 Å². The number of esters is 1. The highest BCUT2D eigenvalue weighted by Gasteiger charge is 2.30. The normalized spacial score (nSPS) is 13.5. The average Bonchev–Trinajstić information content (AvgIpc) is 3.08. The molecule has 158 valence electrons. The van der Waals surface area contributed by atoms with E-state index >= 15 is 0 Å². The lowest BCUT2D eigenvalue weighted by atomic mass is 10.1. The second kappa shape index (κ2) is 8.77. The largest absolute Gasteiger partial charge is 0.493 e. The standard InChI is InChI=1S/C22H22O8/c1-12-15(29-11-19(23)27-4)7-6-14-20(24)16(30-21(12)14)8-13-9-17(25-2)22(28-5)18(10-13)26-3/h6-10H,11H2,1-5H3. The average molecular weight is 414 g/mol. The molecule has 0 atom stereocenters. The molecule has 0 amide bonds. The Morgan fingerprint density at radius 2 is 1.67 bits per heavy atom. The van der Waals surface area contributed by atoms with Gasteiger partial charge in [0.25, 0.3) is 0 Å². The first kappa shape index (κ1) is 21.0. The van der Waals surface area contributed by atoms with Gasteiger partial charge < -0.3 is 28.4 Å². The first-order chi connectivity index (χ1) is 14.4. The fraction of sp³-hybridized carbons (Fsp3) is 0.273. The van der Waals surface area contributed by atoms with E-state index < -0.39 is 5.97 Å². The molecule has 1 aliphatic rings. The first-order valence-electron chi connectivity index (χ1n) is 9.01. The van der Waals surface area contributed by atoms with Crippen molar-refractivity contribution in [2.24, 2.45) is 0 Å². The number of ketones is 1. The summed E-state index contributed by atoms with van der Waals surface area (Å²) in [7, 11) is 5.83. The van der Waals surface area contributed by atoms with Crippen LogP contribution in [-0.2, 0) is 9.53 Å². The van der Waals surface area contributed by atoms with E-state index in [0.29, 0.717) is 45.4 Å². The van der Waals surface area contributed by atoms with Crippen LogP contribution in [0.2, 0.25) is 0 Å². The minimum absolute atomic E-state index is 0.146. The summed E-state index contributed by atoms with van der Waals surface area (Å²) in [4.78, 5) is 24.1. The zero-order valence-electron chi connectivity index (χ0n) is 17.4. The SMILES string of the molecule is COC(=O)COc1ccc2c(c1C)OC(=Cc1cc(OC)c(OC)c(OC)c1)C2=O. The van der Waals surface area contributed by atoms with E-state index in [-0.39, 0.29) is 18.1 Å². The fourth-order valence-electron chi connectivity index (χ4n) is 3.06. The van der Waals surface area contributed by atoms with Gasteiger partial charge >= 0.3 is 5.97 Å². The van der Waals surface area contributed by atoms with Crippen LogP contribution in [-0.4, -0.2) is 46.8 Å². The lowest BCUT2D eigenvalue weighted by molar-refractivity contribution is -0.142. The van der Waals surface area contributed by atoms with E-state index in [1.165, 1.54) is 28.4 Å². The molecule has 0 aliphatic carbocycles. The van der Waals surface area contributed by atoms with Crippen molar-refractivity contribution in [2.75, 3.05) is 35.0 Å². The molecule has 2 aromatic rings. The molecule has 8 heteroatoms. The second-order valence-corrected chi connectivity index (χ2v) is 6.33. The number of hydrogen-bond donors (Lipinski definition) is 0. The van der Waals surface area contributed by atoms with Crippen LogP contribution in [0, 0.1) is 6.92 Å². The van der Waals surface area contributed by atoms with E-state index in [1.54, 1.807) is 37.3 Å². The number of hydrogen-bond acceptors (Lipinski definition) is 8. The van der Waals surface area contributed by atoms with Crippen LogP contribution >= 0.6 is 0 Å². The Hall–Kier alpha value is -3.68. The van der Waals surface area contributed by atoms with Crippen LogP contribution in [0.4, 0.5) is 0 Å². The van der Waals surface area contributed by atoms with Crippen LogP contribution in [0.15, 0.2) is 30.0 Å². The molecule has 0 fully saturated rings. The molecule has 30 heavy (non-hydrogen) atoms. The molecule has 0 saturated heterocycles. The fourth-order valence-corrected chi connectivity index (χ4v) is 3.06. The summed E-state index contributed by atoms with van der Waals surface area (Å²) in [5.74, 6) is 1.57. The molecule has 1 heterocycles. The summed E-state index contributed by atoms with van der Waals surface area (Å²) in [5.41, 5.74) is 1.66. The zero-order chi connectivity index (χ0) is 21.8. The van der Waals surface area contributed by atoms with Crippen molar-refractivity contribution in [3.05, 3.63) is 46.7 Å². The smallest absolute Gasteiger partial charge is 0.343 e. The third kappa shape index (κ3) is 3.89. The molecular weight excluding hydrogens is 392 g/mol. The minimum Gasteiger partial charge on any atom is -0.493 e. The Morgan fingerprint density at radius 3 is 2.23 bits per heavy atom.